The number of carbonyl (C=O) groups is 1. The molecular formula is C27H32N4O4. The first-order valence-corrected chi connectivity index (χ1v) is 12.0. The zero-order chi connectivity index (χ0) is 24.9. The minimum Gasteiger partial charge on any atom is -0.455 e. The summed E-state index contributed by atoms with van der Waals surface area (Å²) in [5.41, 5.74) is 3.49. The highest BCUT2D eigenvalue weighted by molar-refractivity contribution is 5.91. The number of nitrogens with zero attached hydrogens (tertiary/aromatic N) is 4. The van der Waals surface area contributed by atoms with Gasteiger partial charge in [-0.1, -0.05) is 29.8 Å². The maximum Gasteiger partial charge on any atom is 0.289 e. The predicted molar refractivity (Wildman–Crippen MR) is 135 cm³/mol. The number of hydrogen-bond acceptors (Lipinski definition) is 6. The average molecular weight is 477 g/mol. The highest BCUT2D eigenvalue weighted by Gasteiger charge is 2.25. The molecule has 2 aromatic carbocycles. The summed E-state index contributed by atoms with van der Waals surface area (Å²) in [5, 5.41) is 10.9. The molecule has 8 heteroatoms. The maximum absolute atomic E-state index is 13.0. The van der Waals surface area contributed by atoms with E-state index in [0.29, 0.717) is 44.5 Å². The van der Waals surface area contributed by atoms with Crippen LogP contribution in [0.1, 0.15) is 41.3 Å². The van der Waals surface area contributed by atoms with Crippen molar-refractivity contribution in [2.75, 3.05) is 31.1 Å². The Labute approximate surface area is 205 Å². The molecular weight excluding hydrogens is 444 g/mol. The second kappa shape index (κ2) is 10.7. The Hall–Kier alpha value is -3.65. The number of hydrogen-bond donors (Lipinski definition) is 0. The number of amides is 1. The Balaban J connectivity index is 1.33. The van der Waals surface area contributed by atoms with Gasteiger partial charge in [-0.2, -0.15) is 0 Å². The number of carbonyl (C=O) groups excluding carboxylic acids is 1. The van der Waals surface area contributed by atoms with Gasteiger partial charge in [-0.05, 0) is 50.6 Å². The van der Waals surface area contributed by atoms with Gasteiger partial charge >= 0.3 is 0 Å². The lowest BCUT2D eigenvalue weighted by atomic mass is 10.1. The molecule has 0 saturated carbocycles. The molecule has 1 amide bonds. The van der Waals surface area contributed by atoms with Crippen molar-refractivity contribution in [2.45, 2.75) is 39.9 Å². The Kier molecular flexibility index (Phi) is 7.51. The topological polar surface area (TPSA) is 83.1 Å². The van der Waals surface area contributed by atoms with Gasteiger partial charge in [-0.25, -0.2) is 0 Å². The highest BCUT2D eigenvalue weighted by Crippen LogP contribution is 2.22. The third-order valence-corrected chi connectivity index (χ3v) is 6.46. The van der Waals surface area contributed by atoms with E-state index in [1.165, 1.54) is 23.3 Å². The molecule has 0 aliphatic carbocycles. The van der Waals surface area contributed by atoms with Crippen molar-refractivity contribution >= 4 is 17.3 Å². The van der Waals surface area contributed by atoms with Gasteiger partial charge in [-0.3, -0.25) is 19.8 Å². The first kappa shape index (κ1) is 24.5. The van der Waals surface area contributed by atoms with Crippen molar-refractivity contribution in [3.05, 3.63) is 93.4 Å². The fraction of sp³-hybridized carbons (Fsp3) is 0.370. The summed E-state index contributed by atoms with van der Waals surface area (Å²) in [6.07, 6.45) is 0. The van der Waals surface area contributed by atoms with Gasteiger partial charge in [0.1, 0.15) is 5.76 Å². The van der Waals surface area contributed by atoms with Crippen molar-refractivity contribution in [1.29, 1.82) is 0 Å². The zero-order valence-corrected chi connectivity index (χ0v) is 20.5. The number of piperazine rings is 1. The molecule has 0 N–H and O–H groups in total. The van der Waals surface area contributed by atoms with Crippen LogP contribution in [-0.4, -0.2) is 52.9 Å². The quantitative estimate of drug-likeness (QED) is 0.341. The van der Waals surface area contributed by atoms with Crippen LogP contribution >= 0.6 is 0 Å². The van der Waals surface area contributed by atoms with Gasteiger partial charge in [0.05, 0.1) is 11.5 Å². The number of nitro benzene ring substituents is 1. The van der Waals surface area contributed by atoms with Crippen LogP contribution in [-0.2, 0) is 13.1 Å². The van der Waals surface area contributed by atoms with Crippen molar-refractivity contribution < 1.29 is 14.1 Å². The fourth-order valence-electron chi connectivity index (χ4n) is 4.24. The standard InChI is InChI=1S/C27H32N4O4/c1-20(2)30(18-22-6-4-21(3)5-7-22)19-25-12-13-26(35-25)27(32)29-16-14-28(15-17-29)23-8-10-24(11-9-23)31(33)34/h4-13,20H,14-19H2,1-3H3. The number of furan rings is 1. The van der Waals surface area contributed by atoms with Crippen LogP contribution in [0.25, 0.3) is 0 Å². The Morgan fingerprint density at radius 3 is 2.23 bits per heavy atom. The van der Waals surface area contributed by atoms with Crippen LogP contribution in [0, 0.1) is 17.0 Å². The molecule has 0 atom stereocenters. The summed E-state index contributed by atoms with van der Waals surface area (Å²) in [4.78, 5) is 29.8. The van der Waals surface area contributed by atoms with E-state index in [-0.39, 0.29) is 11.6 Å². The van der Waals surface area contributed by atoms with E-state index in [1.54, 1.807) is 23.1 Å². The molecule has 1 aliphatic heterocycles. The highest BCUT2D eigenvalue weighted by atomic mass is 16.6. The molecule has 0 radical (unpaired) electrons. The number of benzene rings is 2. The van der Waals surface area contributed by atoms with Crippen LogP contribution < -0.4 is 4.90 Å². The lowest BCUT2D eigenvalue weighted by molar-refractivity contribution is -0.384. The minimum absolute atomic E-state index is 0.0751. The lowest BCUT2D eigenvalue weighted by Gasteiger charge is -2.35. The molecule has 35 heavy (non-hydrogen) atoms. The monoisotopic (exact) mass is 476 g/mol. The van der Waals surface area contributed by atoms with Crippen LogP contribution in [0.15, 0.2) is 65.1 Å². The number of aryl methyl sites for hydroxylation is 1. The predicted octanol–water partition coefficient (Wildman–Crippen LogP) is 4.87. The van der Waals surface area contributed by atoms with Crippen LogP contribution in [0.4, 0.5) is 11.4 Å². The van der Waals surface area contributed by atoms with Gasteiger partial charge < -0.3 is 14.2 Å². The Morgan fingerprint density at radius 1 is 0.971 bits per heavy atom. The molecule has 1 saturated heterocycles. The Morgan fingerprint density at radius 2 is 1.63 bits per heavy atom. The number of anilines is 1. The van der Waals surface area contributed by atoms with Crippen molar-refractivity contribution in [1.82, 2.24) is 9.80 Å². The molecule has 0 spiro atoms. The summed E-state index contributed by atoms with van der Waals surface area (Å²) in [6, 6.07) is 19.1. The number of non-ortho nitro benzene ring substituents is 1. The molecule has 0 unspecified atom stereocenters. The molecule has 184 valence electrons. The smallest absolute Gasteiger partial charge is 0.289 e. The second-order valence-electron chi connectivity index (χ2n) is 9.30. The van der Waals surface area contributed by atoms with Crippen LogP contribution in [0.2, 0.25) is 0 Å². The summed E-state index contributed by atoms with van der Waals surface area (Å²) < 4.78 is 5.97. The summed E-state index contributed by atoms with van der Waals surface area (Å²) >= 11 is 0. The van der Waals surface area contributed by atoms with Crippen molar-refractivity contribution in [2.24, 2.45) is 0 Å². The molecule has 3 aromatic rings. The third-order valence-electron chi connectivity index (χ3n) is 6.46. The third kappa shape index (κ3) is 6.08. The van der Waals surface area contributed by atoms with E-state index >= 15 is 0 Å². The SMILES string of the molecule is Cc1ccc(CN(Cc2ccc(C(=O)N3CCN(c4ccc([N+](=O)[O-])cc4)CC3)o2)C(C)C)cc1. The summed E-state index contributed by atoms with van der Waals surface area (Å²) in [5.74, 6) is 1.04. The molecule has 1 aliphatic rings. The second-order valence-corrected chi connectivity index (χ2v) is 9.30. The lowest BCUT2D eigenvalue weighted by Crippen LogP contribution is -2.48. The van der Waals surface area contributed by atoms with Crippen LogP contribution in [0.3, 0.4) is 0 Å². The molecule has 2 heterocycles. The summed E-state index contributed by atoms with van der Waals surface area (Å²) in [7, 11) is 0. The molecule has 0 bridgehead atoms. The molecule has 8 nitrogen and oxygen atoms in total. The number of rotatable bonds is 8. The Bertz CT molecular complexity index is 1150. The number of nitro groups is 1. The first-order valence-electron chi connectivity index (χ1n) is 12.0. The van der Waals surface area contributed by atoms with Crippen molar-refractivity contribution in [3.8, 4) is 0 Å². The normalized spacial score (nSPS) is 14.1. The fourth-order valence-corrected chi connectivity index (χ4v) is 4.24. The van der Waals surface area contributed by atoms with Crippen LogP contribution in [0.5, 0.6) is 0 Å². The largest absolute Gasteiger partial charge is 0.455 e. The van der Waals surface area contributed by atoms with Gasteiger partial charge in [0.25, 0.3) is 11.6 Å². The van der Waals surface area contributed by atoms with Gasteiger partial charge in [-0.15, -0.1) is 0 Å². The van der Waals surface area contributed by atoms with Crippen molar-refractivity contribution in [3.63, 3.8) is 0 Å². The van der Waals surface area contributed by atoms with Gasteiger partial charge in [0.2, 0.25) is 0 Å². The van der Waals surface area contributed by atoms with E-state index in [2.05, 4.69) is 54.8 Å². The zero-order valence-electron chi connectivity index (χ0n) is 20.5. The van der Waals surface area contributed by atoms with E-state index in [9.17, 15) is 14.9 Å². The molecule has 4 rings (SSSR count). The van der Waals surface area contributed by atoms with E-state index in [4.69, 9.17) is 4.42 Å². The summed E-state index contributed by atoms with van der Waals surface area (Å²) in [6.45, 7) is 10.3. The van der Waals surface area contributed by atoms with E-state index in [1.807, 2.05) is 6.07 Å². The van der Waals surface area contributed by atoms with E-state index in [0.717, 1.165) is 18.0 Å². The maximum atomic E-state index is 13.0. The minimum atomic E-state index is -0.402. The molecule has 1 fully saturated rings. The first-order chi connectivity index (χ1) is 16.8. The average Bonchev–Trinajstić information content (AvgIpc) is 3.33. The molecule has 1 aromatic heterocycles. The van der Waals surface area contributed by atoms with E-state index < -0.39 is 4.92 Å². The van der Waals surface area contributed by atoms with Gasteiger partial charge in [0, 0.05) is 56.6 Å². The van der Waals surface area contributed by atoms with Gasteiger partial charge in [0.15, 0.2) is 5.76 Å².